The molecule has 1 unspecified atom stereocenters. The number of carbonyl (C=O) groups excluding carboxylic acids is 2. The van der Waals surface area contributed by atoms with Crippen LogP contribution in [-0.2, 0) is 9.53 Å². The number of hydrogen-bond donors (Lipinski definition) is 1. The summed E-state index contributed by atoms with van der Waals surface area (Å²) in [4.78, 5) is 26.9. The summed E-state index contributed by atoms with van der Waals surface area (Å²) >= 11 is 0. The maximum absolute atomic E-state index is 12.9. The second-order valence-electron chi connectivity index (χ2n) is 6.99. The minimum Gasteiger partial charge on any atom is -0.493 e. The molecule has 0 radical (unpaired) electrons. The predicted molar refractivity (Wildman–Crippen MR) is 102 cm³/mol. The number of hydrogen-bond acceptors (Lipinski definition) is 6. The SMILES string of the molecule is COc1cc(C(=O)N2CCC(NC(=O)C3CCCO3)CC2)cc(OC)c1OC. The number of nitrogens with zero attached hydrogens (tertiary/aromatic N) is 1. The van der Waals surface area contributed by atoms with Gasteiger partial charge in [-0.15, -0.1) is 0 Å². The third-order valence-electron chi connectivity index (χ3n) is 5.26. The van der Waals surface area contributed by atoms with E-state index in [1.807, 2.05) is 0 Å². The summed E-state index contributed by atoms with van der Waals surface area (Å²) in [7, 11) is 4.57. The molecule has 0 bridgehead atoms. The molecule has 2 aliphatic heterocycles. The number of amides is 2. The smallest absolute Gasteiger partial charge is 0.254 e. The molecule has 0 saturated carbocycles. The third-order valence-corrected chi connectivity index (χ3v) is 5.26. The van der Waals surface area contributed by atoms with E-state index in [2.05, 4.69) is 5.32 Å². The zero-order chi connectivity index (χ0) is 20.1. The molecule has 154 valence electrons. The van der Waals surface area contributed by atoms with E-state index in [1.54, 1.807) is 17.0 Å². The fourth-order valence-electron chi connectivity index (χ4n) is 3.69. The maximum Gasteiger partial charge on any atom is 0.254 e. The van der Waals surface area contributed by atoms with Crippen molar-refractivity contribution in [2.24, 2.45) is 0 Å². The Morgan fingerprint density at radius 1 is 1.04 bits per heavy atom. The van der Waals surface area contributed by atoms with E-state index < -0.39 is 0 Å². The molecule has 2 amide bonds. The first-order chi connectivity index (χ1) is 13.6. The van der Waals surface area contributed by atoms with Gasteiger partial charge in [-0.1, -0.05) is 0 Å². The summed E-state index contributed by atoms with van der Waals surface area (Å²) in [5, 5.41) is 3.05. The van der Waals surface area contributed by atoms with Gasteiger partial charge in [0.1, 0.15) is 6.10 Å². The Morgan fingerprint density at radius 2 is 1.68 bits per heavy atom. The van der Waals surface area contributed by atoms with Crippen molar-refractivity contribution in [3.63, 3.8) is 0 Å². The van der Waals surface area contributed by atoms with Crippen molar-refractivity contribution in [1.82, 2.24) is 10.2 Å². The van der Waals surface area contributed by atoms with Crippen molar-refractivity contribution in [1.29, 1.82) is 0 Å². The summed E-state index contributed by atoms with van der Waals surface area (Å²) in [5.41, 5.74) is 0.483. The number of likely N-dealkylation sites (tertiary alicyclic amines) is 1. The lowest BCUT2D eigenvalue weighted by molar-refractivity contribution is -0.131. The Balaban J connectivity index is 1.61. The molecule has 2 aliphatic rings. The highest BCUT2D eigenvalue weighted by molar-refractivity contribution is 5.95. The first-order valence-electron chi connectivity index (χ1n) is 9.58. The molecular formula is C20H28N2O6. The van der Waals surface area contributed by atoms with Crippen LogP contribution in [0, 0.1) is 0 Å². The fourth-order valence-corrected chi connectivity index (χ4v) is 3.69. The van der Waals surface area contributed by atoms with Crippen LogP contribution in [0.5, 0.6) is 17.2 Å². The fraction of sp³-hybridized carbons (Fsp3) is 0.600. The van der Waals surface area contributed by atoms with Gasteiger partial charge >= 0.3 is 0 Å². The average molecular weight is 392 g/mol. The number of carbonyl (C=O) groups is 2. The van der Waals surface area contributed by atoms with Gasteiger partial charge in [0.05, 0.1) is 21.3 Å². The minimum absolute atomic E-state index is 0.0353. The average Bonchev–Trinajstić information content (AvgIpc) is 3.27. The van der Waals surface area contributed by atoms with Crippen LogP contribution in [0.15, 0.2) is 12.1 Å². The van der Waals surface area contributed by atoms with E-state index in [0.717, 1.165) is 12.8 Å². The van der Waals surface area contributed by atoms with Crippen LogP contribution < -0.4 is 19.5 Å². The van der Waals surface area contributed by atoms with Crippen LogP contribution in [0.2, 0.25) is 0 Å². The van der Waals surface area contributed by atoms with E-state index >= 15 is 0 Å². The standard InChI is InChI=1S/C20H28N2O6/c1-25-16-11-13(12-17(26-2)18(16)27-3)20(24)22-8-6-14(7-9-22)21-19(23)15-5-4-10-28-15/h11-12,14-15H,4-10H2,1-3H3,(H,21,23). The molecule has 2 heterocycles. The van der Waals surface area contributed by atoms with Gasteiger partial charge in [0.2, 0.25) is 11.7 Å². The van der Waals surface area contributed by atoms with Crippen LogP contribution in [0.4, 0.5) is 0 Å². The van der Waals surface area contributed by atoms with Crippen LogP contribution in [-0.4, -0.2) is 69.9 Å². The van der Waals surface area contributed by atoms with Crippen molar-refractivity contribution in [3.8, 4) is 17.2 Å². The second-order valence-corrected chi connectivity index (χ2v) is 6.99. The number of ether oxygens (including phenoxy) is 4. The molecule has 0 aromatic heterocycles. The Hall–Kier alpha value is -2.48. The van der Waals surface area contributed by atoms with Crippen LogP contribution in [0.25, 0.3) is 0 Å². The number of piperidine rings is 1. The van der Waals surface area contributed by atoms with Gasteiger partial charge in [-0.3, -0.25) is 9.59 Å². The van der Waals surface area contributed by atoms with Gasteiger partial charge in [0.25, 0.3) is 5.91 Å². The van der Waals surface area contributed by atoms with Crippen LogP contribution in [0.3, 0.4) is 0 Å². The molecule has 2 fully saturated rings. The molecule has 1 aromatic rings. The Bertz CT molecular complexity index is 684. The normalized spacial score (nSPS) is 20.0. The molecule has 2 saturated heterocycles. The first kappa shape index (κ1) is 20.3. The minimum atomic E-state index is -0.320. The van der Waals surface area contributed by atoms with Crippen molar-refractivity contribution in [2.45, 2.75) is 37.8 Å². The monoisotopic (exact) mass is 392 g/mol. The van der Waals surface area contributed by atoms with Crippen molar-refractivity contribution in [2.75, 3.05) is 41.0 Å². The molecule has 1 atom stereocenters. The lowest BCUT2D eigenvalue weighted by Gasteiger charge is -2.33. The Morgan fingerprint density at radius 3 is 2.18 bits per heavy atom. The molecular weight excluding hydrogens is 364 g/mol. The summed E-state index contributed by atoms with van der Waals surface area (Å²) in [6, 6.07) is 3.39. The molecule has 3 rings (SSSR count). The summed E-state index contributed by atoms with van der Waals surface area (Å²) in [6.07, 6.45) is 2.83. The highest BCUT2D eigenvalue weighted by atomic mass is 16.5. The van der Waals surface area contributed by atoms with E-state index in [4.69, 9.17) is 18.9 Å². The predicted octanol–water partition coefficient (Wildman–Crippen LogP) is 1.61. The quantitative estimate of drug-likeness (QED) is 0.792. The molecule has 1 N–H and O–H groups in total. The van der Waals surface area contributed by atoms with Gasteiger partial charge < -0.3 is 29.2 Å². The van der Waals surface area contributed by atoms with Gasteiger partial charge in [0, 0.05) is 31.3 Å². The number of rotatable bonds is 6. The van der Waals surface area contributed by atoms with E-state index in [1.165, 1.54) is 21.3 Å². The van der Waals surface area contributed by atoms with Crippen molar-refractivity contribution < 1.29 is 28.5 Å². The molecule has 8 nitrogen and oxygen atoms in total. The largest absolute Gasteiger partial charge is 0.493 e. The number of nitrogens with one attached hydrogen (secondary N) is 1. The first-order valence-corrected chi connectivity index (χ1v) is 9.58. The van der Waals surface area contributed by atoms with Crippen LogP contribution >= 0.6 is 0 Å². The van der Waals surface area contributed by atoms with E-state index in [0.29, 0.717) is 55.4 Å². The summed E-state index contributed by atoms with van der Waals surface area (Å²) in [6.45, 7) is 1.80. The van der Waals surface area contributed by atoms with Crippen molar-refractivity contribution >= 4 is 11.8 Å². The zero-order valence-electron chi connectivity index (χ0n) is 16.7. The lowest BCUT2D eigenvalue weighted by Crippen LogP contribution is -2.48. The van der Waals surface area contributed by atoms with Gasteiger partial charge in [0.15, 0.2) is 11.5 Å². The molecule has 0 aliphatic carbocycles. The van der Waals surface area contributed by atoms with E-state index in [9.17, 15) is 9.59 Å². The van der Waals surface area contributed by atoms with Gasteiger partial charge in [-0.25, -0.2) is 0 Å². The van der Waals surface area contributed by atoms with Gasteiger partial charge in [-0.2, -0.15) is 0 Å². The highest BCUT2D eigenvalue weighted by Crippen LogP contribution is 2.38. The highest BCUT2D eigenvalue weighted by Gasteiger charge is 2.29. The second kappa shape index (κ2) is 9.14. The zero-order valence-corrected chi connectivity index (χ0v) is 16.7. The Kier molecular flexibility index (Phi) is 6.61. The third kappa shape index (κ3) is 4.32. The lowest BCUT2D eigenvalue weighted by atomic mass is 10.0. The van der Waals surface area contributed by atoms with E-state index in [-0.39, 0.29) is 24.0 Å². The summed E-state index contributed by atoms with van der Waals surface area (Å²) in [5.74, 6) is 1.22. The molecule has 1 aromatic carbocycles. The van der Waals surface area contributed by atoms with Gasteiger partial charge in [-0.05, 0) is 37.8 Å². The molecule has 0 spiro atoms. The van der Waals surface area contributed by atoms with Crippen molar-refractivity contribution in [3.05, 3.63) is 17.7 Å². The van der Waals surface area contributed by atoms with Crippen LogP contribution in [0.1, 0.15) is 36.0 Å². The number of benzene rings is 1. The summed E-state index contributed by atoms with van der Waals surface area (Å²) < 4.78 is 21.4. The number of methoxy groups -OCH3 is 3. The molecule has 28 heavy (non-hydrogen) atoms. The topological polar surface area (TPSA) is 86.3 Å². The molecule has 8 heteroatoms. The Labute approximate surface area is 165 Å². The maximum atomic E-state index is 12.9.